The zero-order chi connectivity index (χ0) is 17.9. The molecule has 1 aliphatic carbocycles. The Bertz CT molecular complexity index is 726. The lowest BCUT2D eigenvalue weighted by Gasteiger charge is -2.30. The number of hydrogen-bond acceptors (Lipinski definition) is 4. The SMILES string of the molecule is CCOC(=O)CC1(CC(=O)OCC)c2ccccc2-c2ccccc21. The van der Waals surface area contributed by atoms with Crippen LogP contribution in [-0.2, 0) is 24.5 Å². The highest BCUT2D eigenvalue weighted by molar-refractivity contribution is 5.88. The van der Waals surface area contributed by atoms with Gasteiger partial charge in [0.05, 0.1) is 26.1 Å². The summed E-state index contributed by atoms with van der Waals surface area (Å²) in [4.78, 5) is 24.8. The standard InChI is InChI=1S/C21H22O4/c1-3-24-19(22)13-21(14-20(23)25-4-2)17-11-7-5-9-15(17)16-10-6-8-12-18(16)21/h5-12H,3-4,13-14H2,1-2H3. The number of fused-ring (bicyclic) bond motifs is 3. The van der Waals surface area contributed by atoms with Crippen molar-refractivity contribution in [1.29, 1.82) is 0 Å². The Kier molecular flexibility index (Phi) is 4.88. The van der Waals surface area contributed by atoms with Gasteiger partial charge in [0.15, 0.2) is 0 Å². The van der Waals surface area contributed by atoms with Gasteiger partial charge in [-0.3, -0.25) is 9.59 Å². The van der Waals surface area contributed by atoms with Gasteiger partial charge < -0.3 is 9.47 Å². The van der Waals surface area contributed by atoms with E-state index >= 15 is 0 Å². The molecule has 0 bridgehead atoms. The lowest BCUT2D eigenvalue weighted by atomic mass is 9.73. The fourth-order valence-corrected chi connectivity index (χ4v) is 3.78. The van der Waals surface area contributed by atoms with Crippen LogP contribution in [0.2, 0.25) is 0 Å². The zero-order valence-corrected chi connectivity index (χ0v) is 14.6. The van der Waals surface area contributed by atoms with Crippen molar-refractivity contribution in [2.24, 2.45) is 0 Å². The van der Waals surface area contributed by atoms with Gasteiger partial charge in [-0.2, -0.15) is 0 Å². The van der Waals surface area contributed by atoms with E-state index in [-0.39, 0.29) is 24.8 Å². The van der Waals surface area contributed by atoms with Crippen LogP contribution in [0.25, 0.3) is 11.1 Å². The van der Waals surface area contributed by atoms with Crippen molar-refractivity contribution in [3.8, 4) is 11.1 Å². The molecule has 0 saturated heterocycles. The molecule has 0 spiro atoms. The number of carbonyl (C=O) groups is 2. The van der Waals surface area contributed by atoms with Crippen molar-refractivity contribution in [1.82, 2.24) is 0 Å². The molecule has 2 aromatic rings. The number of hydrogen-bond donors (Lipinski definition) is 0. The van der Waals surface area contributed by atoms with Crippen molar-refractivity contribution in [2.75, 3.05) is 13.2 Å². The summed E-state index contributed by atoms with van der Waals surface area (Å²) in [5.41, 5.74) is 3.35. The molecule has 25 heavy (non-hydrogen) atoms. The summed E-state index contributed by atoms with van der Waals surface area (Å²) in [5, 5.41) is 0. The highest BCUT2D eigenvalue weighted by Crippen LogP contribution is 2.52. The normalized spacial score (nSPS) is 13.7. The quantitative estimate of drug-likeness (QED) is 0.751. The minimum Gasteiger partial charge on any atom is -0.466 e. The van der Waals surface area contributed by atoms with E-state index in [0.717, 1.165) is 22.3 Å². The first kappa shape index (κ1) is 17.2. The Balaban J connectivity index is 2.15. The molecule has 130 valence electrons. The first-order chi connectivity index (χ1) is 12.1. The van der Waals surface area contributed by atoms with E-state index in [4.69, 9.17) is 9.47 Å². The molecular formula is C21H22O4. The molecule has 0 fully saturated rings. The lowest BCUT2D eigenvalue weighted by Crippen LogP contribution is -2.33. The van der Waals surface area contributed by atoms with Crippen molar-refractivity contribution in [3.63, 3.8) is 0 Å². The van der Waals surface area contributed by atoms with E-state index in [2.05, 4.69) is 0 Å². The number of ether oxygens (including phenoxy) is 2. The van der Waals surface area contributed by atoms with Crippen LogP contribution in [0.15, 0.2) is 48.5 Å². The molecule has 3 rings (SSSR count). The smallest absolute Gasteiger partial charge is 0.307 e. The van der Waals surface area contributed by atoms with Crippen molar-refractivity contribution in [3.05, 3.63) is 59.7 Å². The second-order valence-electron chi connectivity index (χ2n) is 6.14. The molecule has 0 radical (unpaired) electrons. The number of carbonyl (C=O) groups excluding carboxylic acids is 2. The minimum absolute atomic E-state index is 0.119. The molecule has 0 N–H and O–H groups in total. The van der Waals surface area contributed by atoms with Crippen LogP contribution in [0.1, 0.15) is 37.8 Å². The van der Waals surface area contributed by atoms with Crippen molar-refractivity contribution < 1.29 is 19.1 Å². The Morgan fingerprint density at radius 2 is 1.16 bits per heavy atom. The summed E-state index contributed by atoms with van der Waals surface area (Å²) >= 11 is 0. The van der Waals surface area contributed by atoms with Gasteiger partial charge in [-0.15, -0.1) is 0 Å². The van der Waals surface area contributed by atoms with Gasteiger partial charge in [-0.25, -0.2) is 0 Å². The van der Waals surface area contributed by atoms with Gasteiger partial charge in [0.25, 0.3) is 0 Å². The third kappa shape index (κ3) is 3.04. The number of benzene rings is 2. The lowest BCUT2D eigenvalue weighted by molar-refractivity contribution is -0.147. The Morgan fingerprint density at radius 1 is 0.760 bits per heavy atom. The van der Waals surface area contributed by atoms with Crippen molar-refractivity contribution in [2.45, 2.75) is 32.1 Å². The molecule has 0 saturated carbocycles. The van der Waals surface area contributed by atoms with Gasteiger partial charge in [-0.05, 0) is 36.1 Å². The summed E-state index contributed by atoms with van der Waals surface area (Å²) in [6, 6.07) is 15.9. The molecule has 0 unspecified atom stereocenters. The minimum atomic E-state index is -0.744. The van der Waals surface area contributed by atoms with E-state index in [0.29, 0.717) is 13.2 Å². The Hall–Kier alpha value is -2.62. The molecule has 4 nitrogen and oxygen atoms in total. The fraction of sp³-hybridized carbons (Fsp3) is 0.333. The summed E-state index contributed by atoms with van der Waals surface area (Å²) in [6.45, 7) is 4.20. The molecule has 0 atom stereocenters. The van der Waals surface area contributed by atoms with Crippen LogP contribution < -0.4 is 0 Å². The van der Waals surface area contributed by atoms with E-state index in [1.54, 1.807) is 13.8 Å². The summed E-state index contributed by atoms with van der Waals surface area (Å²) in [5.74, 6) is -0.614. The second kappa shape index (κ2) is 7.09. The first-order valence-electron chi connectivity index (χ1n) is 8.63. The van der Waals surface area contributed by atoms with Gasteiger partial charge >= 0.3 is 11.9 Å². The molecule has 0 amide bonds. The maximum absolute atomic E-state index is 12.4. The fourth-order valence-electron chi connectivity index (χ4n) is 3.78. The summed E-state index contributed by atoms with van der Waals surface area (Å²) in [6.07, 6.45) is 0.237. The number of rotatable bonds is 6. The van der Waals surface area contributed by atoms with E-state index in [9.17, 15) is 9.59 Å². The van der Waals surface area contributed by atoms with Gasteiger partial charge in [0.2, 0.25) is 0 Å². The average Bonchev–Trinajstić information content (AvgIpc) is 2.86. The van der Waals surface area contributed by atoms with E-state index < -0.39 is 5.41 Å². The topological polar surface area (TPSA) is 52.6 Å². The maximum atomic E-state index is 12.4. The van der Waals surface area contributed by atoms with Crippen LogP contribution in [0.5, 0.6) is 0 Å². The molecular weight excluding hydrogens is 316 g/mol. The maximum Gasteiger partial charge on any atom is 0.307 e. The van der Waals surface area contributed by atoms with Gasteiger partial charge in [0.1, 0.15) is 0 Å². The first-order valence-corrected chi connectivity index (χ1v) is 8.63. The Morgan fingerprint density at radius 3 is 1.56 bits per heavy atom. The monoisotopic (exact) mass is 338 g/mol. The summed E-state index contributed by atoms with van der Waals surface area (Å²) in [7, 11) is 0. The zero-order valence-electron chi connectivity index (χ0n) is 14.6. The molecule has 0 aromatic heterocycles. The van der Waals surface area contributed by atoms with Crippen LogP contribution in [0, 0.1) is 0 Å². The molecule has 1 aliphatic rings. The van der Waals surface area contributed by atoms with Crippen LogP contribution in [0.3, 0.4) is 0 Å². The summed E-state index contributed by atoms with van der Waals surface area (Å²) < 4.78 is 10.4. The third-order valence-electron chi connectivity index (χ3n) is 4.68. The van der Waals surface area contributed by atoms with E-state index in [1.807, 2.05) is 48.5 Å². The van der Waals surface area contributed by atoms with Crippen LogP contribution in [-0.4, -0.2) is 25.2 Å². The Labute approximate surface area is 147 Å². The molecule has 0 aliphatic heterocycles. The van der Waals surface area contributed by atoms with Gasteiger partial charge in [-0.1, -0.05) is 48.5 Å². The predicted molar refractivity (Wildman–Crippen MR) is 95.2 cm³/mol. The van der Waals surface area contributed by atoms with Crippen LogP contribution in [0.4, 0.5) is 0 Å². The molecule has 0 heterocycles. The number of esters is 2. The molecule has 4 heteroatoms. The second-order valence-corrected chi connectivity index (χ2v) is 6.14. The molecule has 2 aromatic carbocycles. The van der Waals surface area contributed by atoms with Crippen molar-refractivity contribution >= 4 is 11.9 Å². The van der Waals surface area contributed by atoms with Gasteiger partial charge in [0, 0.05) is 5.41 Å². The predicted octanol–water partition coefficient (Wildman–Crippen LogP) is 3.86. The highest BCUT2D eigenvalue weighted by Gasteiger charge is 2.46. The van der Waals surface area contributed by atoms with E-state index in [1.165, 1.54) is 0 Å². The van der Waals surface area contributed by atoms with Crippen LogP contribution >= 0.6 is 0 Å². The third-order valence-corrected chi connectivity index (χ3v) is 4.68. The average molecular weight is 338 g/mol. The largest absolute Gasteiger partial charge is 0.466 e. The highest BCUT2D eigenvalue weighted by atomic mass is 16.5.